The molecule has 5 nitrogen and oxygen atoms in total. The summed E-state index contributed by atoms with van der Waals surface area (Å²) in [6, 6.07) is 9.37. The number of halogens is 2. The van der Waals surface area contributed by atoms with E-state index in [0.29, 0.717) is 20.5 Å². The van der Waals surface area contributed by atoms with Gasteiger partial charge in [-0.15, -0.1) is 4.73 Å². The van der Waals surface area contributed by atoms with Crippen molar-refractivity contribution in [2.75, 3.05) is 11.9 Å². The lowest BCUT2D eigenvalue weighted by Crippen LogP contribution is -2.30. The van der Waals surface area contributed by atoms with Crippen LogP contribution < -0.4 is 14.8 Å². The Morgan fingerprint density at radius 2 is 2.10 bits per heavy atom. The minimum absolute atomic E-state index is 0.0415. The van der Waals surface area contributed by atoms with E-state index >= 15 is 0 Å². The van der Waals surface area contributed by atoms with Crippen molar-refractivity contribution in [2.45, 2.75) is 0 Å². The highest BCUT2D eigenvalue weighted by atomic mass is 35.5. The number of amides is 1. The summed E-state index contributed by atoms with van der Waals surface area (Å²) in [6.45, 7) is -0.310. The summed E-state index contributed by atoms with van der Waals surface area (Å²) in [5, 5.41) is 14.7. The van der Waals surface area contributed by atoms with Crippen molar-refractivity contribution in [3.8, 4) is 5.88 Å². The summed E-state index contributed by atoms with van der Waals surface area (Å²) in [7, 11) is 0. The van der Waals surface area contributed by atoms with E-state index < -0.39 is 5.91 Å². The van der Waals surface area contributed by atoms with E-state index in [4.69, 9.17) is 27.9 Å². The van der Waals surface area contributed by atoms with E-state index in [1.54, 1.807) is 24.3 Å². The van der Waals surface area contributed by atoms with Crippen LogP contribution in [0.4, 0.5) is 5.69 Å². The van der Waals surface area contributed by atoms with E-state index in [9.17, 15) is 10.0 Å². The number of hydrogen-bond acceptors (Lipinski definition) is 3. The number of pyridine rings is 1. The van der Waals surface area contributed by atoms with Crippen LogP contribution in [0.3, 0.4) is 0 Å². The molecule has 0 bridgehead atoms. The number of carbonyl (C=O) groups is 1. The van der Waals surface area contributed by atoms with Gasteiger partial charge in [-0.25, -0.2) is 0 Å². The number of rotatable bonds is 4. The van der Waals surface area contributed by atoms with Gasteiger partial charge in [0.25, 0.3) is 5.91 Å². The van der Waals surface area contributed by atoms with Crippen molar-refractivity contribution in [2.24, 2.45) is 0 Å². The Labute approximate surface area is 125 Å². The maximum Gasteiger partial charge on any atom is 0.379 e. The molecule has 0 saturated carbocycles. The van der Waals surface area contributed by atoms with E-state index in [2.05, 4.69) is 5.32 Å². The molecular weight excluding hydrogens is 303 g/mol. The maximum atomic E-state index is 11.7. The lowest BCUT2D eigenvalue weighted by molar-refractivity contribution is -0.612. The Balaban J connectivity index is 1.96. The summed E-state index contributed by atoms with van der Waals surface area (Å²) < 4.78 is 5.63. The fraction of sp³-hybridized carbons (Fsp3) is 0.0769. The second kappa shape index (κ2) is 6.45. The number of nitrogens with one attached hydrogen (secondary N) is 1. The molecule has 0 aliphatic heterocycles. The maximum absolute atomic E-state index is 11.7. The van der Waals surface area contributed by atoms with E-state index in [1.165, 1.54) is 18.3 Å². The molecule has 0 spiro atoms. The van der Waals surface area contributed by atoms with E-state index in [-0.39, 0.29) is 12.5 Å². The molecular formula is C13H10Cl2N2O3. The molecule has 0 radical (unpaired) electrons. The average molecular weight is 313 g/mol. The van der Waals surface area contributed by atoms with Gasteiger partial charge >= 0.3 is 5.88 Å². The Hall–Kier alpha value is -1.98. The van der Waals surface area contributed by atoms with Crippen molar-refractivity contribution in [1.29, 1.82) is 0 Å². The molecule has 1 aromatic heterocycles. The Kier molecular flexibility index (Phi) is 4.65. The van der Waals surface area contributed by atoms with E-state index in [0.717, 1.165) is 0 Å². The van der Waals surface area contributed by atoms with Crippen molar-refractivity contribution in [3.05, 3.63) is 57.8 Å². The van der Waals surface area contributed by atoms with Crippen molar-refractivity contribution in [3.63, 3.8) is 0 Å². The molecule has 1 aromatic carbocycles. The molecule has 0 unspecified atom stereocenters. The van der Waals surface area contributed by atoms with Gasteiger partial charge in [0, 0.05) is 11.1 Å². The molecule has 20 heavy (non-hydrogen) atoms. The first-order chi connectivity index (χ1) is 9.56. The number of benzene rings is 1. The lowest BCUT2D eigenvalue weighted by Gasteiger charge is -2.08. The summed E-state index contributed by atoms with van der Waals surface area (Å²) >= 11 is 11.7. The normalized spacial score (nSPS) is 10.1. The van der Waals surface area contributed by atoms with Crippen molar-refractivity contribution in [1.82, 2.24) is 0 Å². The van der Waals surface area contributed by atoms with Gasteiger partial charge in [-0.3, -0.25) is 4.79 Å². The Bertz CT molecular complexity index is 635. The molecule has 1 N–H and O–H groups in total. The number of ether oxygens (including phenoxy) is 1. The van der Waals surface area contributed by atoms with Gasteiger partial charge in [0.1, 0.15) is 0 Å². The second-order valence-electron chi connectivity index (χ2n) is 3.83. The van der Waals surface area contributed by atoms with Gasteiger partial charge in [-0.2, -0.15) is 0 Å². The molecule has 0 aliphatic rings. The third-order valence-electron chi connectivity index (χ3n) is 2.34. The Morgan fingerprint density at radius 1 is 1.30 bits per heavy atom. The smallest absolute Gasteiger partial charge is 0.379 e. The first-order valence-corrected chi connectivity index (χ1v) is 6.38. The number of hydrogen-bond donors (Lipinski definition) is 1. The molecule has 2 rings (SSSR count). The highest BCUT2D eigenvalue weighted by Crippen LogP contribution is 2.25. The predicted molar refractivity (Wildman–Crippen MR) is 76.0 cm³/mol. The first kappa shape index (κ1) is 14.4. The summed E-state index contributed by atoms with van der Waals surface area (Å²) in [6.07, 6.45) is 1.28. The molecule has 0 aliphatic carbocycles. The molecule has 0 fully saturated rings. The summed E-state index contributed by atoms with van der Waals surface area (Å²) in [4.78, 5) is 11.7. The number of nitrogens with zero attached hydrogens (tertiary/aromatic N) is 1. The van der Waals surface area contributed by atoms with Crippen LogP contribution in [-0.2, 0) is 4.79 Å². The van der Waals surface area contributed by atoms with Gasteiger partial charge < -0.3 is 15.3 Å². The minimum Gasteiger partial charge on any atom is -0.616 e. The third kappa shape index (κ3) is 3.76. The second-order valence-corrected chi connectivity index (χ2v) is 4.67. The largest absolute Gasteiger partial charge is 0.616 e. The van der Waals surface area contributed by atoms with E-state index in [1.807, 2.05) is 0 Å². The number of anilines is 1. The third-order valence-corrected chi connectivity index (χ3v) is 2.91. The van der Waals surface area contributed by atoms with Crippen LogP contribution in [0.1, 0.15) is 0 Å². The molecule has 7 heteroatoms. The number of aromatic nitrogens is 1. The molecule has 0 saturated heterocycles. The SMILES string of the molecule is O=C(COc1cccc[n+]1[O-])Nc1cc(Cl)ccc1Cl. The monoisotopic (exact) mass is 312 g/mol. The topological polar surface area (TPSA) is 65.3 Å². The molecule has 1 amide bonds. The fourth-order valence-electron chi connectivity index (χ4n) is 1.44. The summed E-state index contributed by atoms with van der Waals surface area (Å²) in [5.74, 6) is -0.405. The van der Waals surface area contributed by atoms with Gasteiger partial charge in [0.2, 0.25) is 0 Å². The van der Waals surface area contributed by atoms with Gasteiger partial charge in [0.05, 0.1) is 16.8 Å². The van der Waals surface area contributed by atoms with Crippen LogP contribution in [0.25, 0.3) is 0 Å². The Morgan fingerprint density at radius 3 is 2.85 bits per heavy atom. The molecule has 2 aromatic rings. The number of carbonyl (C=O) groups excluding carboxylic acids is 1. The van der Waals surface area contributed by atoms with Gasteiger partial charge in [-0.1, -0.05) is 23.2 Å². The van der Waals surface area contributed by atoms with Crippen LogP contribution in [0.15, 0.2) is 42.6 Å². The average Bonchev–Trinajstić information content (AvgIpc) is 2.42. The molecule has 0 atom stereocenters. The zero-order valence-corrected chi connectivity index (χ0v) is 11.7. The van der Waals surface area contributed by atoms with Crippen LogP contribution in [-0.4, -0.2) is 12.5 Å². The standard InChI is InChI=1S/C13H10Cl2N2O3/c14-9-4-5-10(15)11(7-9)16-12(18)8-20-13-3-1-2-6-17(13)19/h1-7H,8H2,(H,16,18). The van der Waals surface area contributed by atoms with Gasteiger partial charge in [0.15, 0.2) is 12.8 Å². The molecule has 104 valence electrons. The zero-order valence-electron chi connectivity index (χ0n) is 10.2. The highest BCUT2D eigenvalue weighted by Gasteiger charge is 2.10. The summed E-state index contributed by atoms with van der Waals surface area (Å²) in [5.41, 5.74) is 0.385. The zero-order chi connectivity index (χ0) is 14.5. The van der Waals surface area contributed by atoms with Crippen molar-refractivity contribution < 1.29 is 14.3 Å². The molecule has 1 heterocycles. The predicted octanol–water partition coefficient (Wildman–Crippen LogP) is 2.64. The first-order valence-electron chi connectivity index (χ1n) is 5.62. The van der Waals surface area contributed by atoms with Crippen LogP contribution in [0.2, 0.25) is 10.0 Å². The van der Waals surface area contributed by atoms with Gasteiger partial charge in [-0.05, 0) is 24.3 Å². The van der Waals surface area contributed by atoms with Crippen LogP contribution >= 0.6 is 23.2 Å². The fourth-order valence-corrected chi connectivity index (χ4v) is 1.78. The minimum atomic E-state index is -0.446. The quantitative estimate of drug-likeness (QED) is 0.697. The highest BCUT2D eigenvalue weighted by molar-refractivity contribution is 6.35. The van der Waals surface area contributed by atoms with Crippen molar-refractivity contribution >= 4 is 34.8 Å². The lowest BCUT2D eigenvalue weighted by atomic mass is 10.3. The van der Waals surface area contributed by atoms with Crippen LogP contribution in [0, 0.1) is 5.21 Å². The van der Waals surface area contributed by atoms with Crippen LogP contribution in [0.5, 0.6) is 5.88 Å².